The third kappa shape index (κ3) is 3.00. The molecule has 0 bridgehead atoms. The van der Waals surface area contributed by atoms with Gasteiger partial charge in [0.25, 0.3) is 0 Å². The number of rotatable bonds is 2. The molecule has 1 aliphatic rings. The lowest BCUT2D eigenvalue weighted by Crippen LogP contribution is -2.42. The van der Waals surface area contributed by atoms with E-state index in [-0.39, 0.29) is 11.8 Å². The van der Waals surface area contributed by atoms with Crippen molar-refractivity contribution < 1.29 is 9.59 Å². The molecule has 4 heteroatoms. The van der Waals surface area contributed by atoms with Crippen molar-refractivity contribution in [3.63, 3.8) is 0 Å². The van der Waals surface area contributed by atoms with Crippen molar-refractivity contribution in [2.75, 3.05) is 6.54 Å². The molecule has 0 aromatic heterocycles. The topological polar surface area (TPSA) is 49.4 Å². The highest BCUT2D eigenvalue weighted by Crippen LogP contribution is 2.19. The second-order valence-corrected chi connectivity index (χ2v) is 5.68. The van der Waals surface area contributed by atoms with E-state index in [4.69, 9.17) is 0 Å². The van der Waals surface area contributed by atoms with Gasteiger partial charge in [-0.2, -0.15) is 0 Å². The minimum atomic E-state index is -0.434. The molecule has 0 radical (unpaired) electrons. The summed E-state index contributed by atoms with van der Waals surface area (Å²) >= 11 is 0. The molecule has 20 heavy (non-hydrogen) atoms. The molecule has 1 aliphatic heterocycles. The molecule has 1 heterocycles. The van der Waals surface area contributed by atoms with Crippen LogP contribution in [0.4, 0.5) is 0 Å². The standard InChI is InChI=1S/C16H22N2O2/c1-10-7-11(2)14(12(3)8-10)9-18-6-5-15(19)17-13(4)16(18)20/h7-8,13H,5-6,9H2,1-4H3,(H,17,19). The number of carbonyl (C=O) groups is 2. The Hall–Kier alpha value is -1.84. The largest absolute Gasteiger partial charge is 0.345 e. The van der Waals surface area contributed by atoms with Gasteiger partial charge >= 0.3 is 0 Å². The molecule has 0 aliphatic carbocycles. The van der Waals surface area contributed by atoms with Gasteiger partial charge in [-0.15, -0.1) is 0 Å². The van der Waals surface area contributed by atoms with Crippen molar-refractivity contribution in [2.24, 2.45) is 0 Å². The normalized spacial score (nSPS) is 19.8. The lowest BCUT2D eigenvalue weighted by Gasteiger charge is -2.24. The van der Waals surface area contributed by atoms with Crippen LogP contribution in [-0.2, 0) is 16.1 Å². The Morgan fingerprint density at radius 1 is 1.20 bits per heavy atom. The summed E-state index contributed by atoms with van der Waals surface area (Å²) < 4.78 is 0. The maximum Gasteiger partial charge on any atom is 0.245 e. The molecule has 0 saturated carbocycles. The van der Waals surface area contributed by atoms with E-state index in [1.54, 1.807) is 11.8 Å². The molecule has 1 fully saturated rings. The van der Waals surface area contributed by atoms with Crippen LogP contribution < -0.4 is 5.32 Å². The molecule has 0 spiro atoms. The first-order chi connectivity index (χ1) is 9.38. The van der Waals surface area contributed by atoms with Crippen molar-refractivity contribution in [2.45, 2.75) is 46.7 Å². The van der Waals surface area contributed by atoms with Gasteiger partial charge in [0.15, 0.2) is 0 Å². The van der Waals surface area contributed by atoms with E-state index < -0.39 is 6.04 Å². The third-order valence-electron chi connectivity index (χ3n) is 3.86. The van der Waals surface area contributed by atoms with Gasteiger partial charge in [0.2, 0.25) is 11.8 Å². The minimum absolute atomic E-state index is 0.00442. The predicted octanol–water partition coefficient (Wildman–Crippen LogP) is 1.85. The highest BCUT2D eigenvalue weighted by Gasteiger charge is 2.26. The number of hydrogen-bond donors (Lipinski definition) is 1. The molecular weight excluding hydrogens is 252 g/mol. The van der Waals surface area contributed by atoms with Gasteiger partial charge < -0.3 is 10.2 Å². The molecule has 2 rings (SSSR count). The fourth-order valence-electron chi connectivity index (χ4n) is 2.80. The van der Waals surface area contributed by atoms with E-state index >= 15 is 0 Å². The van der Waals surface area contributed by atoms with Crippen LogP contribution in [0.1, 0.15) is 35.6 Å². The Kier molecular flexibility index (Phi) is 4.12. The van der Waals surface area contributed by atoms with E-state index in [1.165, 1.54) is 22.3 Å². The summed E-state index contributed by atoms with van der Waals surface area (Å²) in [5.74, 6) is -0.0547. The van der Waals surface area contributed by atoms with Crippen LogP contribution in [0.25, 0.3) is 0 Å². The van der Waals surface area contributed by atoms with Gasteiger partial charge in [0.05, 0.1) is 0 Å². The SMILES string of the molecule is Cc1cc(C)c(CN2CCC(=O)NC(C)C2=O)c(C)c1. The van der Waals surface area contributed by atoms with Crippen LogP contribution in [-0.4, -0.2) is 29.3 Å². The van der Waals surface area contributed by atoms with Gasteiger partial charge in [-0.25, -0.2) is 0 Å². The second kappa shape index (κ2) is 5.65. The molecule has 1 unspecified atom stereocenters. The smallest absolute Gasteiger partial charge is 0.245 e. The van der Waals surface area contributed by atoms with Gasteiger partial charge in [-0.05, 0) is 44.4 Å². The summed E-state index contributed by atoms with van der Waals surface area (Å²) in [4.78, 5) is 25.6. The Bertz CT molecular complexity index is 528. The number of benzene rings is 1. The van der Waals surface area contributed by atoms with Gasteiger partial charge in [-0.3, -0.25) is 9.59 Å². The molecule has 108 valence electrons. The van der Waals surface area contributed by atoms with Crippen molar-refractivity contribution in [3.05, 3.63) is 34.4 Å². The molecule has 1 N–H and O–H groups in total. The highest BCUT2D eigenvalue weighted by molar-refractivity contribution is 5.89. The lowest BCUT2D eigenvalue weighted by atomic mass is 9.99. The summed E-state index contributed by atoms with van der Waals surface area (Å²) in [6.07, 6.45) is 0.375. The van der Waals surface area contributed by atoms with Crippen molar-refractivity contribution in [1.29, 1.82) is 0 Å². The average molecular weight is 274 g/mol. The zero-order valence-electron chi connectivity index (χ0n) is 12.6. The average Bonchev–Trinajstić information content (AvgIpc) is 2.46. The van der Waals surface area contributed by atoms with E-state index in [1.807, 2.05) is 0 Å². The molecule has 4 nitrogen and oxygen atoms in total. The predicted molar refractivity (Wildman–Crippen MR) is 78.3 cm³/mol. The zero-order chi connectivity index (χ0) is 14.9. The first-order valence-corrected chi connectivity index (χ1v) is 7.03. The number of carbonyl (C=O) groups excluding carboxylic acids is 2. The Morgan fingerprint density at radius 2 is 1.80 bits per heavy atom. The maximum atomic E-state index is 12.3. The second-order valence-electron chi connectivity index (χ2n) is 5.68. The fourth-order valence-corrected chi connectivity index (χ4v) is 2.80. The van der Waals surface area contributed by atoms with E-state index in [0.29, 0.717) is 19.5 Å². The van der Waals surface area contributed by atoms with Gasteiger partial charge in [-0.1, -0.05) is 17.7 Å². The number of nitrogens with zero attached hydrogens (tertiary/aromatic N) is 1. The summed E-state index contributed by atoms with van der Waals surface area (Å²) in [5, 5.41) is 2.72. The molecule has 1 aromatic carbocycles. The summed E-state index contributed by atoms with van der Waals surface area (Å²) in [7, 11) is 0. The summed E-state index contributed by atoms with van der Waals surface area (Å²) in [6.45, 7) is 9.03. The number of amides is 2. The Balaban J connectivity index is 2.25. The van der Waals surface area contributed by atoms with Crippen LogP contribution in [0.15, 0.2) is 12.1 Å². The van der Waals surface area contributed by atoms with Gasteiger partial charge in [0, 0.05) is 19.5 Å². The first-order valence-electron chi connectivity index (χ1n) is 7.03. The first kappa shape index (κ1) is 14.6. The quantitative estimate of drug-likeness (QED) is 0.894. The van der Waals surface area contributed by atoms with Crippen LogP contribution in [0.5, 0.6) is 0 Å². The maximum absolute atomic E-state index is 12.3. The monoisotopic (exact) mass is 274 g/mol. The summed E-state index contributed by atoms with van der Waals surface area (Å²) in [5.41, 5.74) is 4.82. The van der Waals surface area contributed by atoms with Crippen LogP contribution in [0.2, 0.25) is 0 Å². The highest BCUT2D eigenvalue weighted by atomic mass is 16.2. The Morgan fingerprint density at radius 3 is 2.40 bits per heavy atom. The van der Waals surface area contributed by atoms with E-state index in [0.717, 1.165) is 0 Å². The van der Waals surface area contributed by atoms with Crippen LogP contribution >= 0.6 is 0 Å². The van der Waals surface area contributed by atoms with Crippen molar-refractivity contribution in [1.82, 2.24) is 10.2 Å². The fraction of sp³-hybridized carbons (Fsp3) is 0.500. The zero-order valence-corrected chi connectivity index (χ0v) is 12.6. The van der Waals surface area contributed by atoms with Gasteiger partial charge in [0.1, 0.15) is 6.04 Å². The molecule has 1 aromatic rings. The van der Waals surface area contributed by atoms with Crippen molar-refractivity contribution in [3.8, 4) is 0 Å². The van der Waals surface area contributed by atoms with Crippen LogP contribution in [0, 0.1) is 20.8 Å². The van der Waals surface area contributed by atoms with E-state index in [9.17, 15) is 9.59 Å². The molecule has 1 saturated heterocycles. The number of nitrogens with one attached hydrogen (secondary N) is 1. The number of hydrogen-bond acceptors (Lipinski definition) is 2. The molecule has 2 amide bonds. The number of aryl methyl sites for hydroxylation is 3. The van der Waals surface area contributed by atoms with Crippen molar-refractivity contribution >= 4 is 11.8 Å². The third-order valence-corrected chi connectivity index (χ3v) is 3.86. The summed E-state index contributed by atoms with van der Waals surface area (Å²) in [6, 6.07) is 3.84. The van der Waals surface area contributed by atoms with Crippen LogP contribution in [0.3, 0.4) is 0 Å². The minimum Gasteiger partial charge on any atom is -0.345 e. The Labute approximate surface area is 120 Å². The molecule has 1 atom stereocenters. The van der Waals surface area contributed by atoms with E-state index in [2.05, 4.69) is 38.2 Å². The molecular formula is C16H22N2O2. The lowest BCUT2D eigenvalue weighted by molar-refractivity contribution is -0.133.